The van der Waals surface area contributed by atoms with Crippen LogP contribution in [0, 0.1) is 0 Å². The zero-order valence-electron chi connectivity index (χ0n) is 10.2. The third-order valence-electron chi connectivity index (χ3n) is 2.50. The van der Waals surface area contributed by atoms with Gasteiger partial charge >= 0.3 is 5.97 Å². The van der Waals surface area contributed by atoms with Crippen LogP contribution in [0.15, 0.2) is 27.7 Å². The minimum absolute atomic E-state index is 0.363. The van der Waals surface area contributed by atoms with Crippen molar-refractivity contribution in [2.75, 3.05) is 13.2 Å². The molecule has 0 fully saturated rings. The van der Waals surface area contributed by atoms with Crippen LogP contribution in [0.5, 0.6) is 0 Å². The van der Waals surface area contributed by atoms with Gasteiger partial charge in [0.1, 0.15) is 5.71 Å². The van der Waals surface area contributed by atoms with E-state index in [0.717, 1.165) is 35.7 Å². The standard InChI is InChI=1S/C13H18BrNO2/c1-3-17-13(16)12-9-11(14)10(2)7-5-4-6-8-15-12/h9H,2-8H2,1H3. The van der Waals surface area contributed by atoms with Crippen LogP contribution >= 0.6 is 15.9 Å². The van der Waals surface area contributed by atoms with Gasteiger partial charge in [-0.2, -0.15) is 0 Å². The second kappa shape index (κ2) is 7.43. The molecule has 0 saturated heterocycles. The largest absolute Gasteiger partial charge is 0.461 e. The SMILES string of the molecule is C=C1CCCCCN=C(C(=O)OCC)C=C1Br. The number of hydrogen-bond acceptors (Lipinski definition) is 3. The van der Waals surface area contributed by atoms with Crippen LogP contribution in [0.3, 0.4) is 0 Å². The first-order chi connectivity index (χ1) is 8.15. The lowest BCUT2D eigenvalue weighted by molar-refractivity contribution is -0.134. The van der Waals surface area contributed by atoms with E-state index in [-0.39, 0.29) is 5.97 Å². The molecular formula is C13H18BrNO2. The minimum atomic E-state index is -0.363. The van der Waals surface area contributed by atoms with Crippen LogP contribution in [-0.4, -0.2) is 24.8 Å². The summed E-state index contributed by atoms with van der Waals surface area (Å²) >= 11 is 3.43. The molecule has 0 unspecified atom stereocenters. The van der Waals surface area contributed by atoms with Crippen molar-refractivity contribution >= 4 is 27.6 Å². The van der Waals surface area contributed by atoms with Crippen molar-refractivity contribution in [3.8, 4) is 0 Å². The Hall–Kier alpha value is -0.900. The summed E-state index contributed by atoms with van der Waals surface area (Å²) in [6, 6.07) is 0. The second-order valence-electron chi connectivity index (χ2n) is 3.89. The van der Waals surface area contributed by atoms with E-state index in [4.69, 9.17) is 4.74 Å². The number of rotatable bonds is 2. The number of carbonyl (C=O) groups excluding carboxylic acids is 1. The highest BCUT2D eigenvalue weighted by Crippen LogP contribution is 2.22. The fraction of sp³-hybridized carbons (Fsp3) is 0.538. The number of nitrogens with zero attached hydrogens (tertiary/aromatic N) is 1. The maximum atomic E-state index is 11.7. The molecule has 0 aromatic carbocycles. The summed E-state index contributed by atoms with van der Waals surface area (Å²) in [6.07, 6.45) is 5.89. The van der Waals surface area contributed by atoms with Crippen LogP contribution in [0.2, 0.25) is 0 Å². The van der Waals surface area contributed by atoms with Crippen LogP contribution in [0.1, 0.15) is 32.6 Å². The molecule has 0 bridgehead atoms. The fourth-order valence-electron chi connectivity index (χ4n) is 1.54. The highest BCUT2D eigenvalue weighted by Gasteiger charge is 2.12. The molecule has 0 saturated carbocycles. The van der Waals surface area contributed by atoms with E-state index in [0.29, 0.717) is 18.9 Å². The maximum Gasteiger partial charge on any atom is 0.356 e. The highest BCUT2D eigenvalue weighted by molar-refractivity contribution is 9.12. The molecule has 0 amide bonds. The van der Waals surface area contributed by atoms with Crippen LogP contribution in [0.25, 0.3) is 0 Å². The third kappa shape index (κ3) is 4.86. The van der Waals surface area contributed by atoms with Gasteiger partial charge in [-0.25, -0.2) is 4.79 Å². The van der Waals surface area contributed by atoms with E-state index in [2.05, 4.69) is 27.5 Å². The average Bonchev–Trinajstić information content (AvgIpc) is 2.31. The van der Waals surface area contributed by atoms with E-state index in [1.54, 1.807) is 13.0 Å². The Bertz CT molecular complexity index is 358. The molecule has 94 valence electrons. The van der Waals surface area contributed by atoms with Crippen molar-refractivity contribution in [2.24, 2.45) is 4.99 Å². The molecule has 0 radical (unpaired) electrons. The Labute approximate surface area is 111 Å². The Balaban J connectivity index is 2.88. The van der Waals surface area contributed by atoms with Crippen LogP contribution in [0.4, 0.5) is 0 Å². The normalized spacial score (nSPS) is 18.1. The van der Waals surface area contributed by atoms with Gasteiger partial charge in [-0.3, -0.25) is 4.99 Å². The predicted molar refractivity (Wildman–Crippen MR) is 73.6 cm³/mol. The molecular weight excluding hydrogens is 282 g/mol. The van der Waals surface area contributed by atoms with Crippen molar-refractivity contribution in [1.29, 1.82) is 0 Å². The molecule has 17 heavy (non-hydrogen) atoms. The average molecular weight is 300 g/mol. The van der Waals surface area contributed by atoms with Gasteiger partial charge in [0.05, 0.1) is 6.61 Å². The fourth-order valence-corrected chi connectivity index (χ4v) is 1.96. The third-order valence-corrected chi connectivity index (χ3v) is 3.29. The van der Waals surface area contributed by atoms with Gasteiger partial charge in [0.25, 0.3) is 0 Å². The zero-order chi connectivity index (χ0) is 12.7. The molecule has 0 atom stereocenters. The first-order valence-corrected chi connectivity index (χ1v) is 6.71. The summed E-state index contributed by atoms with van der Waals surface area (Å²) in [7, 11) is 0. The van der Waals surface area contributed by atoms with Gasteiger partial charge < -0.3 is 4.74 Å². The summed E-state index contributed by atoms with van der Waals surface area (Å²) in [5.74, 6) is -0.363. The Kier molecular flexibility index (Phi) is 6.19. The number of carbonyl (C=O) groups is 1. The highest BCUT2D eigenvalue weighted by atomic mass is 79.9. The number of ether oxygens (including phenoxy) is 1. The van der Waals surface area contributed by atoms with E-state index >= 15 is 0 Å². The number of aliphatic imine (C=N–C) groups is 1. The van der Waals surface area contributed by atoms with Crippen molar-refractivity contribution in [1.82, 2.24) is 0 Å². The molecule has 0 spiro atoms. The van der Waals surface area contributed by atoms with Crippen LogP contribution < -0.4 is 0 Å². The summed E-state index contributed by atoms with van der Waals surface area (Å²) in [6.45, 7) is 6.82. The van der Waals surface area contributed by atoms with Gasteiger partial charge in [0, 0.05) is 11.0 Å². The van der Waals surface area contributed by atoms with Crippen molar-refractivity contribution in [3.63, 3.8) is 0 Å². The summed E-state index contributed by atoms with van der Waals surface area (Å²) in [5.41, 5.74) is 1.38. The van der Waals surface area contributed by atoms with Crippen molar-refractivity contribution < 1.29 is 9.53 Å². The maximum absolute atomic E-state index is 11.7. The van der Waals surface area contributed by atoms with Crippen molar-refractivity contribution in [3.05, 3.63) is 22.7 Å². The lowest BCUT2D eigenvalue weighted by atomic mass is 10.1. The monoisotopic (exact) mass is 299 g/mol. The lowest BCUT2D eigenvalue weighted by Gasteiger charge is -2.09. The molecule has 0 N–H and O–H groups in total. The number of allylic oxidation sites excluding steroid dienone is 2. The number of halogens is 1. The molecule has 1 heterocycles. The van der Waals surface area contributed by atoms with Crippen molar-refractivity contribution in [2.45, 2.75) is 32.6 Å². The minimum Gasteiger partial charge on any atom is -0.461 e. The lowest BCUT2D eigenvalue weighted by Crippen LogP contribution is -2.16. The Morgan fingerprint density at radius 2 is 2.29 bits per heavy atom. The molecule has 3 nitrogen and oxygen atoms in total. The summed E-state index contributed by atoms with van der Waals surface area (Å²) < 4.78 is 5.81. The molecule has 1 rings (SSSR count). The van der Waals surface area contributed by atoms with Crippen LogP contribution in [-0.2, 0) is 9.53 Å². The molecule has 4 heteroatoms. The van der Waals surface area contributed by atoms with E-state index in [9.17, 15) is 4.79 Å². The first-order valence-electron chi connectivity index (χ1n) is 5.92. The van der Waals surface area contributed by atoms with E-state index in [1.165, 1.54) is 0 Å². The summed E-state index contributed by atoms with van der Waals surface area (Å²) in [4.78, 5) is 15.9. The topological polar surface area (TPSA) is 38.7 Å². The summed E-state index contributed by atoms with van der Waals surface area (Å²) in [5, 5.41) is 0. The Morgan fingerprint density at radius 3 is 3.00 bits per heavy atom. The quantitative estimate of drug-likeness (QED) is 0.733. The molecule has 1 aliphatic rings. The van der Waals surface area contributed by atoms with Gasteiger partial charge in [-0.1, -0.05) is 28.9 Å². The first kappa shape index (κ1) is 14.2. The predicted octanol–water partition coefficient (Wildman–Crippen LogP) is 3.40. The Morgan fingerprint density at radius 1 is 1.53 bits per heavy atom. The molecule has 0 aromatic heterocycles. The van der Waals surface area contributed by atoms with E-state index < -0.39 is 0 Å². The van der Waals surface area contributed by atoms with Gasteiger partial charge in [-0.05, 0) is 37.8 Å². The van der Waals surface area contributed by atoms with Gasteiger partial charge in [-0.15, -0.1) is 0 Å². The number of hydrogen-bond donors (Lipinski definition) is 0. The second-order valence-corrected chi connectivity index (χ2v) is 4.75. The zero-order valence-corrected chi connectivity index (χ0v) is 11.8. The molecule has 0 aromatic rings. The van der Waals surface area contributed by atoms with Gasteiger partial charge in [0.15, 0.2) is 0 Å². The molecule has 1 aliphatic heterocycles. The number of esters is 1. The van der Waals surface area contributed by atoms with E-state index in [1.807, 2.05) is 0 Å². The smallest absolute Gasteiger partial charge is 0.356 e. The molecule has 0 aliphatic carbocycles. The van der Waals surface area contributed by atoms with Gasteiger partial charge in [0.2, 0.25) is 0 Å².